The summed E-state index contributed by atoms with van der Waals surface area (Å²) < 4.78 is 0. The van der Waals surface area contributed by atoms with Crippen molar-refractivity contribution >= 4 is 0 Å². The molecule has 0 heterocycles. The summed E-state index contributed by atoms with van der Waals surface area (Å²) in [5.74, 6) is 0.322. The van der Waals surface area contributed by atoms with E-state index in [1.807, 2.05) is 0 Å². The van der Waals surface area contributed by atoms with Crippen LogP contribution in [0.1, 0.15) is 46.5 Å². The Labute approximate surface area is 87.7 Å². The van der Waals surface area contributed by atoms with Gasteiger partial charge in [0.05, 0.1) is 6.07 Å². The van der Waals surface area contributed by atoms with Crippen molar-refractivity contribution in [2.24, 2.45) is 11.3 Å². The zero-order chi connectivity index (χ0) is 10.6. The summed E-state index contributed by atoms with van der Waals surface area (Å²) in [4.78, 5) is 0. The molecule has 2 nitrogen and oxygen atoms in total. The molecule has 0 saturated heterocycles. The number of hydrogen-bond acceptors (Lipinski definition) is 2. The second kappa shape index (κ2) is 4.79. The fourth-order valence-electron chi connectivity index (χ4n) is 1.88. The number of nitrogens with one attached hydrogen (secondary N) is 1. The first-order valence-electron chi connectivity index (χ1n) is 5.64. The monoisotopic (exact) mass is 194 g/mol. The molecule has 80 valence electrons. The van der Waals surface area contributed by atoms with Crippen LogP contribution in [0.2, 0.25) is 0 Å². The van der Waals surface area contributed by atoms with Crippen molar-refractivity contribution in [3.63, 3.8) is 0 Å². The Morgan fingerprint density at radius 3 is 2.21 bits per heavy atom. The zero-order valence-corrected chi connectivity index (χ0v) is 9.64. The molecule has 0 bridgehead atoms. The molecule has 0 atom stereocenters. The normalized spacial score (nSPS) is 28.4. The SMILES string of the molecule is CC(C)(C)CNC1CCC(C#N)CC1. The highest BCUT2D eigenvalue weighted by atomic mass is 14.9. The van der Waals surface area contributed by atoms with E-state index in [1.54, 1.807) is 0 Å². The standard InChI is InChI=1S/C12H22N2/c1-12(2,3)9-14-11-6-4-10(8-13)5-7-11/h10-11,14H,4-7,9H2,1-3H3. The number of nitrogens with zero attached hydrogens (tertiary/aromatic N) is 1. The van der Waals surface area contributed by atoms with Crippen LogP contribution in [0.3, 0.4) is 0 Å². The van der Waals surface area contributed by atoms with Gasteiger partial charge >= 0.3 is 0 Å². The molecule has 0 unspecified atom stereocenters. The van der Waals surface area contributed by atoms with Gasteiger partial charge in [-0.1, -0.05) is 20.8 Å². The van der Waals surface area contributed by atoms with Gasteiger partial charge in [0.15, 0.2) is 0 Å². The van der Waals surface area contributed by atoms with Gasteiger partial charge in [-0.05, 0) is 31.1 Å². The van der Waals surface area contributed by atoms with E-state index in [2.05, 4.69) is 32.2 Å². The Morgan fingerprint density at radius 1 is 1.21 bits per heavy atom. The van der Waals surface area contributed by atoms with E-state index < -0.39 is 0 Å². The third-order valence-electron chi connectivity index (χ3n) is 2.83. The summed E-state index contributed by atoms with van der Waals surface area (Å²) in [6, 6.07) is 3.02. The van der Waals surface area contributed by atoms with E-state index in [1.165, 1.54) is 12.8 Å². The van der Waals surface area contributed by atoms with Gasteiger partial charge in [-0.2, -0.15) is 5.26 Å². The average Bonchev–Trinajstić information content (AvgIpc) is 2.14. The molecule has 1 fully saturated rings. The molecule has 0 aromatic rings. The molecule has 0 radical (unpaired) electrons. The third kappa shape index (κ3) is 4.11. The van der Waals surface area contributed by atoms with Crippen molar-refractivity contribution in [1.82, 2.24) is 5.32 Å². The predicted molar refractivity (Wildman–Crippen MR) is 58.8 cm³/mol. The lowest BCUT2D eigenvalue weighted by molar-refractivity contribution is 0.288. The Hall–Kier alpha value is -0.550. The smallest absolute Gasteiger partial charge is 0.0655 e. The minimum absolute atomic E-state index is 0.322. The molecule has 0 aromatic carbocycles. The van der Waals surface area contributed by atoms with E-state index in [4.69, 9.17) is 5.26 Å². The molecule has 1 rings (SSSR count). The van der Waals surface area contributed by atoms with Crippen molar-refractivity contribution in [1.29, 1.82) is 5.26 Å². The van der Waals surface area contributed by atoms with Gasteiger partial charge in [-0.25, -0.2) is 0 Å². The fraction of sp³-hybridized carbons (Fsp3) is 0.917. The van der Waals surface area contributed by atoms with Crippen molar-refractivity contribution in [3.05, 3.63) is 0 Å². The number of hydrogen-bond donors (Lipinski definition) is 1. The van der Waals surface area contributed by atoms with Crippen molar-refractivity contribution in [2.75, 3.05) is 6.54 Å². The van der Waals surface area contributed by atoms with Gasteiger partial charge in [0.2, 0.25) is 0 Å². The molecule has 0 aliphatic heterocycles. The van der Waals surface area contributed by atoms with Gasteiger partial charge in [-0.3, -0.25) is 0 Å². The van der Waals surface area contributed by atoms with Crippen LogP contribution in [-0.4, -0.2) is 12.6 Å². The first-order valence-corrected chi connectivity index (χ1v) is 5.64. The minimum atomic E-state index is 0.322. The number of rotatable bonds is 2. The molecule has 1 aliphatic carbocycles. The van der Waals surface area contributed by atoms with Gasteiger partial charge in [0, 0.05) is 18.5 Å². The van der Waals surface area contributed by atoms with Crippen LogP contribution in [-0.2, 0) is 0 Å². The summed E-state index contributed by atoms with van der Waals surface area (Å²) >= 11 is 0. The van der Waals surface area contributed by atoms with Gasteiger partial charge < -0.3 is 5.32 Å². The Bertz CT molecular complexity index is 201. The molecular formula is C12H22N2. The molecule has 2 heteroatoms. The first kappa shape index (κ1) is 11.5. The third-order valence-corrected chi connectivity index (χ3v) is 2.83. The average molecular weight is 194 g/mol. The van der Waals surface area contributed by atoms with E-state index in [0.717, 1.165) is 19.4 Å². The minimum Gasteiger partial charge on any atom is -0.313 e. The highest BCUT2D eigenvalue weighted by Crippen LogP contribution is 2.24. The maximum absolute atomic E-state index is 8.77. The van der Waals surface area contributed by atoms with Crippen LogP contribution >= 0.6 is 0 Å². The van der Waals surface area contributed by atoms with E-state index in [0.29, 0.717) is 17.4 Å². The lowest BCUT2D eigenvalue weighted by atomic mass is 9.86. The van der Waals surface area contributed by atoms with Crippen LogP contribution in [0.4, 0.5) is 0 Å². The van der Waals surface area contributed by atoms with E-state index >= 15 is 0 Å². The van der Waals surface area contributed by atoms with Gasteiger partial charge in [0.25, 0.3) is 0 Å². The van der Waals surface area contributed by atoms with Gasteiger partial charge in [-0.15, -0.1) is 0 Å². The maximum Gasteiger partial charge on any atom is 0.0655 e. The largest absolute Gasteiger partial charge is 0.313 e. The fourth-order valence-corrected chi connectivity index (χ4v) is 1.88. The molecule has 0 aromatic heterocycles. The lowest BCUT2D eigenvalue weighted by Crippen LogP contribution is -2.38. The molecule has 0 spiro atoms. The zero-order valence-electron chi connectivity index (χ0n) is 9.64. The quantitative estimate of drug-likeness (QED) is 0.733. The predicted octanol–water partition coefficient (Wildman–Crippen LogP) is 2.70. The second-order valence-electron chi connectivity index (χ2n) is 5.62. The van der Waals surface area contributed by atoms with Crippen LogP contribution in [0.5, 0.6) is 0 Å². The summed E-state index contributed by atoms with van der Waals surface area (Å²) in [6.07, 6.45) is 4.51. The van der Waals surface area contributed by atoms with Crippen molar-refractivity contribution in [3.8, 4) is 6.07 Å². The van der Waals surface area contributed by atoms with Gasteiger partial charge in [0.1, 0.15) is 0 Å². The first-order chi connectivity index (χ1) is 6.51. The Kier molecular flexibility index (Phi) is 3.95. The van der Waals surface area contributed by atoms with E-state index in [-0.39, 0.29) is 0 Å². The van der Waals surface area contributed by atoms with E-state index in [9.17, 15) is 0 Å². The molecule has 1 N–H and O–H groups in total. The summed E-state index contributed by atoms with van der Waals surface area (Å²) in [5, 5.41) is 12.4. The molecule has 14 heavy (non-hydrogen) atoms. The molecule has 0 amide bonds. The highest BCUT2D eigenvalue weighted by molar-refractivity contribution is 4.89. The topological polar surface area (TPSA) is 35.8 Å². The molecule has 1 saturated carbocycles. The Balaban J connectivity index is 2.20. The summed E-state index contributed by atoms with van der Waals surface area (Å²) in [7, 11) is 0. The second-order valence-corrected chi connectivity index (χ2v) is 5.62. The maximum atomic E-state index is 8.77. The van der Waals surface area contributed by atoms with Crippen LogP contribution in [0.25, 0.3) is 0 Å². The van der Waals surface area contributed by atoms with Crippen molar-refractivity contribution < 1.29 is 0 Å². The molecule has 1 aliphatic rings. The molecular weight excluding hydrogens is 172 g/mol. The lowest BCUT2D eigenvalue weighted by Gasteiger charge is -2.29. The number of nitriles is 1. The Morgan fingerprint density at radius 2 is 1.79 bits per heavy atom. The summed E-state index contributed by atoms with van der Waals surface area (Å²) in [6.45, 7) is 7.83. The highest BCUT2D eigenvalue weighted by Gasteiger charge is 2.21. The van der Waals surface area contributed by atoms with Crippen molar-refractivity contribution in [2.45, 2.75) is 52.5 Å². The van der Waals surface area contributed by atoms with Crippen LogP contribution in [0.15, 0.2) is 0 Å². The van der Waals surface area contributed by atoms with Crippen LogP contribution in [0, 0.1) is 22.7 Å². The van der Waals surface area contributed by atoms with Crippen LogP contribution < -0.4 is 5.32 Å². The summed E-state index contributed by atoms with van der Waals surface area (Å²) in [5.41, 5.74) is 0.367.